The van der Waals surface area contributed by atoms with Crippen LogP contribution in [0.2, 0.25) is 0 Å². The van der Waals surface area contributed by atoms with E-state index in [2.05, 4.69) is 17.1 Å². The van der Waals surface area contributed by atoms with Crippen LogP contribution < -0.4 is 5.32 Å². The van der Waals surface area contributed by atoms with Crippen LogP contribution >= 0.6 is 0 Å². The summed E-state index contributed by atoms with van der Waals surface area (Å²) in [5.41, 5.74) is 0.915. The Morgan fingerprint density at radius 3 is 2.74 bits per heavy atom. The third kappa shape index (κ3) is 5.40. The molecule has 3 rings (SSSR count). The molecule has 2 aliphatic rings. The molecule has 0 saturated carbocycles. The highest BCUT2D eigenvalue weighted by Gasteiger charge is 2.32. The molecule has 2 fully saturated rings. The summed E-state index contributed by atoms with van der Waals surface area (Å²) in [5.74, 6) is 0.604. The van der Waals surface area contributed by atoms with Crippen LogP contribution in [0.4, 0.5) is 4.39 Å². The number of nitrogens with zero attached hydrogens (tertiary/aromatic N) is 2. The molecule has 1 N–H and O–H groups in total. The Labute approximate surface area is 160 Å². The maximum Gasteiger partial charge on any atom is 0.194 e. The Kier molecular flexibility index (Phi) is 7.43. The number of ether oxygens (including phenoxy) is 3. The van der Waals surface area contributed by atoms with E-state index < -0.39 is 0 Å². The van der Waals surface area contributed by atoms with Gasteiger partial charge in [0.15, 0.2) is 5.96 Å². The molecule has 0 bridgehead atoms. The predicted molar refractivity (Wildman–Crippen MR) is 102 cm³/mol. The standard InChI is InChI=1S/C20H30FN3O3/c1-3-22-20(23-13-18(25-2)15-6-8-16(21)9-7-15)24-10-12-27-19(14-24)17-5-4-11-26-17/h6-9,17-19H,3-5,10-14H2,1-2H3,(H,22,23). The van der Waals surface area contributed by atoms with Gasteiger partial charge in [0.05, 0.1) is 19.3 Å². The number of halogens is 1. The van der Waals surface area contributed by atoms with E-state index in [4.69, 9.17) is 19.2 Å². The molecule has 1 aromatic carbocycles. The van der Waals surface area contributed by atoms with Gasteiger partial charge in [-0.05, 0) is 37.5 Å². The summed E-state index contributed by atoms with van der Waals surface area (Å²) in [7, 11) is 1.65. The first-order chi connectivity index (χ1) is 13.2. The highest BCUT2D eigenvalue weighted by molar-refractivity contribution is 5.80. The molecule has 0 aromatic heterocycles. The molecule has 2 heterocycles. The van der Waals surface area contributed by atoms with E-state index >= 15 is 0 Å². The van der Waals surface area contributed by atoms with Gasteiger partial charge in [-0.2, -0.15) is 0 Å². The number of guanidine groups is 1. The van der Waals surface area contributed by atoms with Crippen molar-refractivity contribution in [1.82, 2.24) is 10.2 Å². The van der Waals surface area contributed by atoms with Crippen LogP contribution in [0.1, 0.15) is 31.4 Å². The smallest absolute Gasteiger partial charge is 0.194 e. The lowest BCUT2D eigenvalue weighted by molar-refractivity contribution is -0.0817. The second-order valence-corrected chi connectivity index (χ2v) is 6.88. The summed E-state index contributed by atoms with van der Waals surface area (Å²) in [6.45, 7) is 6.36. The minimum Gasteiger partial charge on any atom is -0.375 e. The van der Waals surface area contributed by atoms with Crippen molar-refractivity contribution in [3.05, 3.63) is 35.6 Å². The van der Waals surface area contributed by atoms with E-state index in [-0.39, 0.29) is 24.1 Å². The van der Waals surface area contributed by atoms with Crippen LogP contribution in [0, 0.1) is 5.82 Å². The lowest BCUT2D eigenvalue weighted by Gasteiger charge is -2.37. The molecule has 2 saturated heterocycles. The lowest BCUT2D eigenvalue weighted by Crippen LogP contribution is -2.53. The molecule has 0 radical (unpaired) electrons. The van der Waals surface area contributed by atoms with Crippen molar-refractivity contribution in [1.29, 1.82) is 0 Å². The number of benzene rings is 1. The molecular formula is C20H30FN3O3. The van der Waals surface area contributed by atoms with Gasteiger partial charge in [0.1, 0.15) is 18.0 Å². The summed E-state index contributed by atoms with van der Waals surface area (Å²) >= 11 is 0. The Bertz CT molecular complexity index is 605. The minimum atomic E-state index is -0.251. The van der Waals surface area contributed by atoms with Gasteiger partial charge < -0.3 is 24.4 Å². The van der Waals surface area contributed by atoms with Crippen molar-refractivity contribution >= 4 is 5.96 Å². The van der Waals surface area contributed by atoms with Gasteiger partial charge in [-0.15, -0.1) is 0 Å². The van der Waals surface area contributed by atoms with Gasteiger partial charge in [0.25, 0.3) is 0 Å². The summed E-state index contributed by atoms with van der Waals surface area (Å²) < 4.78 is 30.5. The highest BCUT2D eigenvalue weighted by Crippen LogP contribution is 2.22. The van der Waals surface area contributed by atoms with Crippen molar-refractivity contribution in [3.63, 3.8) is 0 Å². The van der Waals surface area contributed by atoms with Gasteiger partial charge in [-0.25, -0.2) is 4.39 Å². The van der Waals surface area contributed by atoms with Crippen LogP contribution in [0.25, 0.3) is 0 Å². The zero-order valence-corrected chi connectivity index (χ0v) is 16.2. The van der Waals surface area contributed by atoms with Crippen LogP contribution in [0.15, 0.2) is 29.3 Å². The third-order valence-corrected chi connectivity index (χ3v) is 5.04. The van der Waals surface area contributed by atoms with Crippen molar-refractivity contribution in [2.45, 2.75) is 38.1 Å². The van der Waals surface area contributed by atoms with Gasteiger partial charge >= 0.3 is 0 Å². The Hall–Kier alpha value is -1.70. The molecule has 1 aromatic rings. The van der Waals surface area contributed by atoms with Crippen LogP contribution in [0.5, 0.6) is 0 Å². The van der Waals surface area contributed by atoms with E-state index in [9.17, 15) is 4.39 Å². The first-order valence-electron chi connectivity index (χ1n) is 9.76. The van der Waals surface area contributed by atoms with E-state index in [1.807, 2.05) is 0 Å². The normalized spacial score (nSPS) is 24.9. The predicted octanol–water partition coefficient (Wildman–Crippen LogP) is 2.36. The van der Waals surface area contributed by atoms with Crippen LogP contribution in [0.3, 0.4) is 0 Å². The van der Waals surface area contributed by atoms with Gasteiger partial charge in [-0.3, -0.25) is 4.99 Å². The second kappa shape index (κ2) is 10.0. The SMILES string of the molecule is CCNC(=NCC(OC)c1ccc(F)cc1)N1CCOC(C2CCCO2)C1. The number of methoxy groups -OCH3 is 1. The molecule has 2 aliphatic heterocycles. The molecule has 6 nitrogen and oxygen atoms in total. The average molecular weight is 379 g/mol. The maximum absolute atomic E-state index is 13.2. The summed E-state index contributed by atoms with van der Waals surface area (Å²) in [5, 5.41) is 3.37. The van der Waals surface area contributed by atoms with Crippen molar-refractivity contribution in [3.8, 4) is 0 Å². The molecule has 27 heavy (non-hydrogen) atoms. The fourth-order valence-corrected chi connectivity index (χ4v) is 3.58. The maximum atomic E-state index is 13.2. The van der Waals surface area contributed by atoms with Gasteiger partial charge in [0.2, 0.25) is 0 Å². The molecule has 0 amide bonds. The average Bonchev–Trinajstić information content (AvgIpc) is 3.24. The molecule has 150 valence electrons. The monoisotopic (exact) mass is 379 g/mol. The Morgan fingerprint density at radius 2 is 2.07 bits per heavy atom. The first-order valence-corrected chi connectivity index (χ1v) is 9.76. The third-order valence-electron chi connectivity index (χ3n) is 5.04. The highest BCUT2D eigenvalue weighted by atomic mass is 19.1. The molecule has 7 heteroatoms. The Balaban J connectivity index is 1.66. The lowest BCUT2D eigenvalue weighted by atomic mass is 10.1. The van der Waals surface area contributed by atoms with E-state index in [0.29, 0.717) is 13.2 Å². The van der Waals surface area contributed by atoms with Crippen molar-refractivity contribution in [2.75, 3.05) is 46.5 Å². The number of rotatable bonds is 6. The summed E-state index contributed by atoms with van der Waals surface area (Å²) in [6.07, 6.45) is 2.21. The first kappa shape index (κ1) is 20.0. The number of aliphatic imine (C=N–C) groups is 1. The van der Waals surface area contributed by atoms with Crippen LogP contribution in [-0.4, -0.2) is 69.6 Å². The molecule has 3 unspecified atom stereocenters. The number of hydrogen-bond acceptors (Lipinski definition) is 4. The zero-order valence-electron chi connectivity index (χ0n) is 16.2. The van der Waals surface area contributed by atoms with Gasteiger partial charge in [-0.1, -0.05) is 12.1 Å². The largest absolute Gasteiger partial charge is 0.375 e. The fourth-order valence-electron chi connectivity index (χ4n) is 3.58. The number of hydrogen-bond donors (Lipinski definition) is 1. The van der Waals surface area contributed by atoms with E-state index in [0.717, 1.165) is 50.6 Å². The van der Waals surface area contributed by atoms with E-state index in [1.165, 1.54) is 12.1 Å². The van der Waals surface area contributed by atoms with Crippen molar-refractivity contribution < 1.29 is 18.6 Å². The number of morpholine rings is 1. The zero-order chi connectivity index (χ0) is 19.1. The molecule has 0 spiro atoms. The topological polar surface area (TPSA) is 55.3 Å². The molecule has 3 atom stereocenters. The number of nitrogens with one attached hydrogen (secondary N) is 1. The minimum absolute atomic E-state index is 0.0837. The molecular weight excluding hydrogens is 349 g/mol. The quantitative estimate of drug-likeness (QED) is 0.607. The van der Waals surface area contributed by atoms with E-state index in [1.54, 1.807) is 19.2 Å². The fraction of sp³-hybridized carbons (Fsp3) is 0.650. The Morgan fingerprint density at radius 1 is 1.30 bits per heavy atom. The summed E-state index contributed by atoms with van der Waals surface area (Å²) in [6, 6.07) is 6.39. The van der Waals surface area contributed by atoms with Crippen LogP contribution in [-0.2, 0) is 14.2 Å². The summed E-state index contributed by atoms with van der Waals surface area (Å²) in [4.78, 5) is 7.02. The van der Waals surface area contributed by atoms with Gasteiger partial charge in [0, 0.05) is 33.4 Å². The van der Waals surface area contributed by atoms with Crippen molar-refractivity contribution in [2.24, 2.45) is 4.99 Å². The molecule has 0 aliphatic carbocycles. The second-order valence-electron chi connectivity index (χ2n) is 6.88.